The van der Waals surface area contributed by atoms with Gasteiger partial charge in [-0.05, 0) is 44.9 Å². The van der Waals surface area contributed by atoms with Crippen LogP contribution in [0.1, 0.15) is 81.1 Å². The first-order valence-electron chi connectivity index (χ1n) is 15.3. The monoisotopic (exact) mass is 636 g/mol. The lowest BCUT2D eigenvalue weighted by Crippen LogP contribution is -2.69. The van der Waals surface area contributed by atoms with Crippen molar-refractivity contribution >= 4 is 29.8 Å². The molecule has 250 valence electrons. The summed E-state index contributed by atoms with van der Waals surface area (Å²) in [5, 5.41) is 24.3. The maximum atomic E-state index is 13.3. The van der Waals surface area contributed by atoms with E-state index in [2.05, 4.69) is 0 Å². The van der Waals surface area contributed by atoms with E-state index in [0.29, 0.717) is 6.42 Å². The van der Waals surface area contributed by atoms with E-state index >= 15 is 0 Å². The van der Waals surface area contributed by atoms with E-state index in [1.54, 1.807) is 13.8 Å². The summed E-state index contributed by atoms with van der Waals surface area (Å²) in [5.41, 5.74) is -6.81. The number of aliphatic hydroxyl groups excluding tert-OH is 1. The van der Waals surface area contributed by atoms with Crippen molar-refractivity contribution in [3.8, 4) is 0 Å². The molecule has 0 saturated carbocycles. The van der Waals surface area contributed by atoms with E-state index in [1.807, 2.05) is 6.92 Å². The highest BCUT2D eigenvalue weighted by atomic mass is 16.7. The summed E-state index contributed by atoms with van der Waals surface area (Å²) in [5.74, 6) is -5.05. The third-order valence-corrected chi connectivity index (χ3v) is 9.57. The number of epoxide rings is 1. The smallest absolute Gasteiger partial charge is 0.342 e. The minimum Gasteiger partial charge on any atom is -0.459 e. The zero-order valence-corrected chi connectivity index (χ0v) is 27.0. The Morgan fingerprint density at radius 3 is 2.09 bits per heavy atom. The maximum Gasteiger partial charge on any atom is 0.342 e. The minimum atomic E-state index is -2.09. The number of fused-ring (bicyclic) bond motifs is 1. The van der Waals surface area contributed by atoms with Gasteiger partial charge in [0.05, 0.1) is 0 Å². The number of carbonyl (C=O) groups is 5. The van der Waals surface area contributed by atoms with Crippen LogP contribution in [0.25, 0.3) is 0 Å². The van der Waals surface area contributed by atoms with Crippen LogP contribution in [-0.2, 0) is 52.4 Å². The second-order valence-electron chi connectivity index (χ2n) is 13.0. The second-order valence-corrected chi connectivity index (χ2v) is 13.0. The van der Waals surface area contributed by atoms with Crippen LogP contribution in [0.5, 0.6) is 0 Å². The Morgan fingerprint density at radius 1 is 0.933 bits per heavy atom. The number of hydrogen-bond donors (Lipinski definition) is 2. The number of ether oxygens (including phenoxy) is 6. The van der Waals surface area contributed by atoms with Crippen molar-refractivity contribution in [2.45, 2.75) is 135 Å². The van der Waals surface area contributed by atoms with Crippen molar-refractivity contribution in [2.75, 3.05) is 0 Å². The van der Waals surface area contributed by atoms with Crippen molar-refractivity contribution in [3.63, 3.8) is 0 Å². The van der Waals surface area contributed by atoms with Crippen LogP contribution >= 0.6 is 0 Å². The molecule has 2 aliphatic carbocycles. The second kappa shape index (κ2) is 12.1. The standard InChI is InChI=1S/C32H44O13/c1-9-10-11-12-22(36)44-24-16(2)15-21-32(31(8,45-32)28(38)43-21)27(42-19(5)35)25-29(6,26(23(24)37)41-18(4)34)14-13-20(30(25,7)39)40-17(3)33/h13-15,20-21,23-27,37,39H,9-12H2,1-8H3/b16-15-/t20-,21+,23-,24?,25-,26+,27?,29+,30-,31+,32+/m1/s1. The first kappa shape index (κ1) is 34.6. The molecule has 2 aliphatic heterocycles. The van der Waals surface area contributed by atoms with Gasteiger partial charge in [-0.3, -0.25) is 19.2 Å². The highest BCUT2D eigenvalue weighted by molar-refractivity contribution is 5.89. The summed E-state index contributed by atoms with van der Waals surface area (Å²) >= 11 is 0. The molecule has 1 spiro atoms. The van der Waals surface area contributed by atoms with Crippen LogP contribution in [0, 0.1) is 11.3 Å². The summed E-state index contributed by atoms with van der Waals surface area (Å²) in [6.07, 6.45) is -2.05. The summed E-state index contributed by atoms with van der Waals surface area (Å²) in [6.45, 7) is 11.4. The van der Waals surface area contributed by atoms with Crippen LogP contribution in [0.15, 0.2) is 23.8 Å². The van der Waals surface area contributed by atoms with Gasteiger partial charge in [-0.15, -0.1) is 0 Å². The van der Waals surface area contributed by atoms with E-state index in [9.17, 15) is 34.2 Å². The zero-order valence-electron chi connectivity index (χ0n) is 27.0. The summed E-state index contributed by atoms with van der Waals surface area (Å²) < 4.78 is 34.9. The van der Waals surface area contributed by atoms with Crippen LogP contribution in [0.4, 0.5) is 0 Å². The number of aliphatic hydroxyl groups is 2. The van der Waals surface area contributed by atoms with Gasteiger partial charge in [-0.25, -0.2) is 4.79 Å². The van der Waals surface area contributed by atoms with E-state index < -0.39 is 94.6 Å². The van der Waals surface area contributed by atoms with E-state index in [4.69, 9.17) is 28.4 Å². The molecule has 0 bridgehead atoms. The normalized spacial score (nSPS) is 42.8. The van der Waals surface area contributed by atoms with Gasteiger partial charge in [0, 0.05) is 38.5 Å². The Morgan fingerprint density at radius 2 is 1.53 bits per heavy atom. The van der Waals surface area contributed by atoms with Crippen LogP contribution in [0.2, 0.25) is 0 Å². The fourth-order valence-corrected chi connectivity index (χ4v) is 7.42. The topological polar surface area (TPSA) is 184 Å². The molecule has 2 heterocycles. The molecular weight excluding hydrogens is 592 g/mol. The largest absolute Gasteiger partial charge is 0.459 e. The lowest BCUT2D eigenvalue weighted by molar-refractivity contribution is -0.230. The molecule has 4 aliphatic rings. The van der Waals surface area contributed by atoms with Crippen molar-refractivity contribution < 1.29 is 62.6 Å². The van der Waals surface area contributed by atoms with Crippen LogP contribution in [-0.4, -0.2) is 93.5 Å². The molecule has 0 amide bonds. The fourth-order valence-electron chi connectivity index (χ4n) is 7.42. The molecule has 45 heavy (non-hydrogen) atoms. The Kier molecular flexibility index (Phi) is 9.33. The Balaban J connectivity index is 2.01. The van der Waals surface area contributed by atoms with Gasteiger partial charge in [0.2, 0.25) is 0 Å². The van der Waals surface area contributed by atoms with Crippen molar-refractivity contribution in [1.29, 1.82) is 0 Å². The fraction of sp³-hybridized carbons (Fsp3) is 0.719. The van der Waals surface area contributed by atoms with Gasteiger partial charge in [-0.1, -0.05) is 32.8 Å². The number of hydrogen-bond acceptors (Lipinski definition) is 13. The number of carbonyl (C=O) groups excluding carboxylic acids is 5. The minimum absolute atomic E-state index is 0.0687. The SMILES string of the molecule is CCCCCC(=O)OC1/C(C)=C\[C@@H]2OC(=O)[C@]3(C)O[C@]23C(OC(C)=O)[C@H]2[C@](C)(O)[C@H](OC(C)=O)C=C[C@]2(C)[C@@H](OC(C)=O)[C@@H]1O. The van der Waals surface area contributed by atoms with E-state index in [0.717, 1.165) is 33.6 Å². The van der Waals surface area contributed by atoms with Gasteiger partial charge in [0.1, 0.15) is 30.0 Å². The molecular formula is C32H44O13. The maximum absolute atomic E-state index is 13.3. The van der Waals surface area contributed by atoms with Crippen LogP contribution < -0.4 is 0 Å². The highest BCUT2D eigenvalue weighted by Gasteiger charge is 2.88. The predicted molar refractivity (Wildman–Crippen MR) is 154 cm³/mol. The van der Waals surface area contributed by atoms with Crippen molar-refractivity contribution in [3.05, 3.63) is 23.8 Å². The van der Waals surface area contributed by atoms with Crippen LogP contribution in [0.3, 0.4) is 0 Å². The first-order valence-corrected chi connectivity index (χ1v) is 15.3. The zero-order chi connectivity index (χ0) is 33.7. The Hall–Kier alpha value is -3.29. The molecule has 2 fully saturated rings. The molecule has 2 unspecified atom stereocenters. The highest BCUT2D eigenvalue weighted by Crippen LogP contribution is 2.65. The third-order valence-electron chi connectivity index (χ3n) is 9.57. The lowest BCUT2D eigenvalue weighted by atomic mass is 9.55. The number of unbranched alkanes of at least 4 members (excludes halogenated alkanes) is 2. The van der Waals surface area contributed by atoms with Crippen molar-refractivity contribution in [1.82, 2.24) is 0 Å². The average molecular weight is 637 g/mol. The van der Waals surface area contributed by atoms with Gasteiger partial charge in [-0.2, -0.15) is 0 Å². The molecule has 2 saturated heterocycles. The molecule has 13 nitrogen and oxygen atoms in total. The molecule has 0 aromatic carbocycles. The first-order chi connectivity index (χ1) is 20.9. The number of rotatable bonds is 8. The molecule has 4 rings (SSSR count). The third kappa shape index (κ3) is 5.78. The Bertz CT molecular complexity index is 1300. The molecule has 13 heteroatoms. The van der Waals surface area contributed by atoms with Gasteiger partial charge < -0.3 is 38.6 Å². The molecule has 0 aromatic heterocycles. The molecule has 11 atom stereocenters. The number of esters is 5. The van der Waals surface area contributed by atoms with Gasteiger partial charge in [0.15, 0.2) is 23.4 Å². The quantitative estimate of drug-likeness (QED) is 0.130. The predicted octanol–water partition coefficient (Wildman–Crippen LogP) is 1.99. The lowest BCUT2D eigenvalue weighted by Gasteiger charge is -2.55. The molecule has 0 aromatic rings. The molecule has 0 radical (unpaired) electrons. The molecule has 2 N–H and O–H groups in total. The van der Waals surface area contributed by atoms with E-state index in [1.165, 1.54) is 32.1 Å². The summed E-state index contributed by atoms with van der Waals surface area (Å²) in [7, 11) is 0. The summed E-state index contributed by atoms with van der Waals surface area (Å²) in [6, 6.07) is 0. The van der Waals surface area contributed by atoms with Crippen molar-refractivity contribution in [2.24, 2.45) is 11.3 Å². The Labute approximate surface area is 262 Å². The average Bonchev–Trinajstić information content (AvgIpc) is 3.51. The summed E-state index contributed by atoms with van der Waals surface area (Å²) in [4.78, 5) is 63.7. The van der Waals surface area contributed by atoms with Gasteiger partial charge in [0.25, 0.3) is 0 Å². The van der Waals surface area contributed by atoms with E-state index in [-0.39, 0.29) is 12.0 Å². The van der Waals surface area contributed by atoms with Gasteiger partial charge >= 0.3 is 29.8 Å².